The third-order valence-corrected chi connectivity index (χ3v) is 4.10. The summed E-state index contributed by atoms with van der Waals surface area (Å²) in [6, 6.07) is 0. The molecule has 2 rings (SSSR count). The Bertz CT molecular complexity index is 292. The number of hydroxylamine groups is 2. The van der Waals surface area contributed by atoms with Crippen molar-refractivity contribution in [3.05, 3.63) is 5.21 Å². The molecular formula is C12H21NO3. The van der Waals surface area contributed by atoms with E-state index in [0.717, 1.165) is 19.3 Å². The predicted molar refractivity (Wildman–Crippen MR) is 59.4 cm³/mol. The zero-order valence-corrected chi connectivity index (χ0v) is 10.3. The molecule has 16 heavy (non-hydrogen) atoms. The molecule has 2 aliphatic rings. The lowest BCUT2D eigenvalue weighted by Gasteiger charge is -2.46. The fourth-order valence-corrected chi connectivity index (χ4v) is 3.35. The number of nitrogens with one attached hydrogen (secondary N) is 1. The Morgan fingerprint density at radius 3 is 2.69 bits per heavy atom. The highest BCUT2D eigenvalue weighted by Gasteiger charge is 2.56. The van der Waals surface area contributed by atoms with Gasteiger partial charge in [0.2, 0.25) is 5.72 Å². The second-order valence-electron chi connectivity index (χ2n) is 5.70. The molecule has 1 spiro atoms. The minimum absolute atomic E-state index is 0.0164. The van der Waals surface area contributed by atoms with Crippen molar-refractivity contribution < 1.29 is 14.6 Å². The summed E-state index contributed by atoms with van der Waals surface area (Å²) < 4.78 is 5.46. The highest BCUT2D eigenvalue weighted by Crippen LogP contribution is 2.41. The Hall–Kier alpha value is -0.610. The Balaban J connectivity index is 2.28. The molecule has 0 aromatic heterocycles. The van der Waals surface area contributed by atoms with Gasteiger partial charge in [-0.15, -0.1) is 0 Å². The maximum Gasteiger partial charge on any atom is 0.366 e. The van der Waals surface area contributed by atoms with Gasteiger partial charge in [0.15, 0.2) is 6.54 Å². The van der Waals surface area contributed by atoms with Crippen LogP contribution >= 0.6 is 0 Å². The lowest BCUT2D eigenvalue weighted by molar-refractivity contribution is -0.916. The molecule has 4 nitrogen and oxygen atoms in total. The van der Waals surface area contributed by atoms with E-state index in [4.69, 9.17) is 4.74 Å². The summed E-state index contributed by atoms with van der Waals surface area (Å²) in [5.41, 5.74) is -0.775. The molecule has 2 fully saturated rings. The number of esters is 1. The molecule has 1 saturated carbocycles. The van der Waals surface area contributed by atoms with Gasteiger partial charge in [0.05, 0.1) is 5.92 Å². The van der Waals surface area contributed by atoms with Crippen LogP contribution in [0.2, 0.25) is 0 Å². The standard InChI is InChI=1S/C12H21NO3/c1-8(2)10-5-4-9(3)6-12(10)13(15)7-11(14)16-12/h8-10,13H,4-7H2,1-3H3/t9-,10+,12+/m1/s1. The molecule has 92 valence electrons. The molecule has 0 radical (unpaired) electrons. The number of rotatable bonds is 1. The van der Waals surface area contributed by atoms with Crippen LogP contribution in [0, 0.1) is 23.0 Å². The highest BCUT2D eigenvalue weighted by atomic mass is 16.7. The molecular weight excluding hydrogens is 206 g/mol. The zero-order chi connectivity index (χ0) is 11.9. The largest absolute Gasteiger partial charge is 0.631 e. The van der Waals surface area contributed by atoms with Gasteiger partial charge in [-0.2, -0.15) is 0 Å². The molecule has 1 unspecified atom stereocenters. The van der Waals surface area contributed by atoms with E-state index >= 15 is 0 Å². The molecule has 0 aromatic rings. The van der Waals surface area contributed by atoms with Crippen LogP contribution in [0.5, 0.6) is 0 Å². The molecule has 1 aliphatic heterocycles. The van der Waals surface area contributed by atoms with Crippen molar-refractivity contribution in [1.82, 2.24) is 0 Å². The van der Waals surface area contributed by atoms with Crippen LogP contribution in [0.3, 0.4) is 0 Å². The summed E-state index contributed by atoms with van der Waals surface area (Å²) >= 11 is 0. The van der Waals surface area contributed by atoms with Crippen LogP contribution in [-0.2, 0) is 9.53 Å². The van der Waals surface area contributed by atoms with Gasteiger partial charge in [0.25, 0.3) is 0 Å². The lowest BCUT2D eigenvalue weighted by atomic mass is 9.71. The molecule has 4 heteroatoms. The van der Waals surface area contributed by atoms with Gasteiger partial charge in [-0.3, -0.25) is 0 Å². The van der Waals surface area contributed by atoms with E-state index in [9.17, 15) is 10.0 Å². The number of ether oxygens (including phenoxy) is 1. The number of carbonyl (C=O) groups is 1. The van der Waals surface area contributed by atoms with Gasteiger partial charge >= 0.3 is 5.97 Å². The maximum absolute atomic E-state index is 12.1. The van der Waals surface area contributed by atoms with Crippen LogP contribution in [0.15, 0.2) is 0 Å². The first-order chi connectivity index (χ1) is 7.45. The lowest BCUT2D eigenvalue weighted by Crippen LogP contribution is -3.15. The minimum atomic E-state index is -0.775. The first-order valence-corrected chi connectivity index (χ1v) is 6.21. The number of hydrogen-bond donors (Lipinski definition) is 1. The smallest absolute Gasteiger partial charge is 0.366 e. The van der Waals surface area contributed by atoms with Crippen molar-refractivity contribution in [3.8, 4) is 0 Å². The number of quaternary nitrogens is 1. The van der Waals surface area contributed by atoms with Crippen molar-refractivity contribution in [2.24, 2.45) is 17.8 Å². The van der Waals surface area contributed by atoms with E-state index < -0.39 is 5.72 Å². The van der Waals surface area contributed by atoms with Crippen molar-refractivity contribution in [2.75, 3.05) is 6.54 Å². The molecule has 1 aliphatic carbocycles. The van der Waals surface area contributed by atoms with Crippen LogP contribution in [0.25, 0.3) is 0 Å². The maximum atomic E-state index is 12.1. The summed E-state index contributed by atoms with van der Waals surface area (Å²) in [6.07, 6.45) is 2.85. The Kier molecular flexibility index (Phi) is 2.97. The monoisotopic (exact) mass is 227 g/mol. The Labute approximate surface area is 96.5 Å². The fraction of sp³-hybridized carbons (Fsp3) is 0.917. The third-order valence-electron chi connectivity index (χ3n) is 4.10. The van der Waals surface area contributed by atoms with E-state index in [2.05, 4.69) is 20.8 Å². The predicted octanol–water partition coefficient (Wildman–Crippen LogP) is 0.714. The van der Waals surface area contributed by atoms with Crippen molar-refractivity contribution >= 4 is 5.97 Å². The van der Waals surface area contributed by atoms with E-state index in [0.29, 0.717) is 11.8 Å². The van der Waals surface area contributed by atoms with E-state index in [1.807, 2.05) is 0 Å². The summed E-state index contributed by atoms with van der Waals surface area (Å²) in [5, 5.41) is 12.1. The second kappa shape index (κ2) is 4.00. The molecule has 1 N–H and O–H groups in total. The number of carbonyl (C=O) groups excluding carboxylic acids is 1. The first-order valence-electron chi connectivity index (χ1n) is 6.21. The van der Waals surface area contributed by atoms with E-state index in [-0.39, 0.29) is 23.5 Å². The van der Waals surface area contributed by atoms with Gasteiger partial charge in [-0.1, -0.05) is 20.8 Å². The Morgan fingerprint density at radius 1 is 1.50 bits per heavy atom. The summed E-state index contributed by atoms with van der Waals surface area (Å²) in [4.78, 5) is 11.4. The van der Waals surface area contributed by atoms with E-state index in [1.54, 1.807) is 0 Å². The topological polar surface area (TPSA) is 53.8 Å². The van der Waals surface area contributed by atoms with Crippen LogP contribution < -0.4 is 5.06 Å². The van der Waals surface area contributed by atoms with Crippen LogP contribution in [-0.4, -0.2) is 18.2 Å². The van der Waals surface area contributed by atoms with Gasteiger partial charge < -0.3 is 15.0 Å². The summed E-state index contributed by atoms with van der Waals surface area (Å²) in [5.74, 6) is 0.750. The van der Waals surface area contributed by atoms with Gasteiger partial charge in [0.1, 0.15) is 0 Å². The third kappa shape index (κ3) is 1.74. The molecule has 0 aromatic carbocycles. The molecule has 0 amide bonds. The quantitative estimate of drug-likeness (QED) is 0.530. The second-order valence-corrected chi connectivity index (χ2v) is 5.70. The van der Waals surface area contributed by atoms with E-state index in [1.165, 1.54) is 0 Å². The molecule has 4 atom stereocenters. The van der Waals surface area contributed by atoms with Crippen LogP contribution in [0.4, 0.5) is 0 Å². The number of hydrogen-bond acceptors (Lipinski definition) is 3. The van der Waals surface area contributed by atoms with Crippen molar-refractivity contribution in [3.63, 3.8) is 0 Å². The van der Waals surface area contributed by atoms with Crippen molar-refractivity contribution in [2.45, 2.75) is 45.8 Å². The van der Waals surface area contributed by atoms with Gasteiger partial charge in [-0.25, -0.2) is 4.79 Å². The average Bonchev–Trinajstić information content (AvgIpc) is 2.41. The zero-order valence-electron chi connectivity index (χ0n) is 10.3. The van der Waals surface area contributed by atoms with Crippen molar-refractivity contribution in [1.29, 1.82) is 0 Å². The highest BCUT2D eigenvalue weighted by molar-refractivity contribution is 5.72. The minimum Gasteiger partial charge on any atom is -0.631 e. The molecule has 1 heterocycles. The SMILES string of the molecule is CC(C)[C@@H]1CC[C@@H](C)C[C@]12OC(=O)C[NH+]2[O-]. The summed E-state index contributed by atoms with van der Waals surface area (Å²) in [6.45, 7) is 6.34. The summed E-state index contributed by atoms with van der Waals surface area (Å²) in [7, 11) is 0. The normalized spacial score (nSPS) is 44.1. The van der Waals surface area contributed by atoms with Gasteiger partial charge in [-0.05, 0) is 24.7 Å². The fourth-order valence-electron chi connectivity index (χ4n) is 3.35. The first kappa shape index (κ1) is 11.9. The van der Waals surface area contributed by atoms with Gasteiger partial charge in [0, 0.05) is 6.42 Å². The average molecular weight is 227 g/mol. The Morgan fingerprint density at radius 2 is 2.19 bits per heavy atom. The molecule has 1 saturated heterocycles. The van der Waals surface area contributed by atoms with Crippen LogP contribution in [0.1, 0.15) is 40.0 Å². The molecule has 0 bridgehead atoms.